The van der Waals surface area contributed by atoms with E-state index in [1.165, 1.54) is 16.9 Å². The summed E-state index contributed by atoms with van der Waals surface area (Å²) in [6.45, 7) is 0. The molecular formula is C9H8FN3. The van der Waals surface area contributed by atoms with Gasteiger partial charge >= 0.3 is 0 Å². The molecule has 0 spiro atoms. The fourth-order valence-electron chi connectivity index (χ4n) is 1.13. The topological polar surface area (TPSA) is 43.8 Å². The van der Waals surface area contributed by atoms with Crippen molar-refractivity contribution < 1.29 is 4.39 Å². The van der Waals surface area contributed by atoms with Gasteiger partial charge in [-0.15, -0.1) is 5.10 Å². The van der Waals surface area contributed by atoms with Gasteiger partial charge in [0.2, 0.25) is 5.95 Å². The summed E-state index contributed by atoms with van der Waals surface area (Å²) in [5.41, 5.74) is 6.94. The van der Waals surface area contributed by atoms with E-state index in [4.69, 9.17) is 5.73 Å². The van der Waals surface area contributed by atoms with Crippen LogP contribution in [0.15, 0.2) is 36.5 Å². The van der Waals surface area contributed by atoms with Gasteiger partial charge in [-0.2, -0.15) is 4.39 Å². The van der Waals surface area contributed by atoms with Crippen molar-refractivity contribution in [2.75, 3.05) is 5.73 Å². The summed E-state index contributed by atoms with van der Waals surface area (Å²) in [4.78, 5) is 0. The van der Waals surface area contributed by atoms with Crippen LogP contribution in [0.3, 0.4) is 0 Å². The molecule has 0 radical (unpaired) electrons. The molecule has 3 nitrogen and oxygen atoms in total. The second kappa shape index (κ2) is 2.90. The van der Waals surface area contributed by atoms with Gasteiger partial charge in [-0.25, -0.2) is 4.68 Å². The lowest BCUT2D eigenvalue weighted by molar-refractivity contribution is 0.566. The number of halogens is 1. The SMILES string of the molecule is Nc1ccccc1-n1ccc(F)n1. The Morgan fingerprint density at radius 2 is 2.00 bits per heavy atom. The average molecular weight is 177 g/mol. The standard InChI is InChI=1S/C9H8FN3/c10-9-5-6-13(12-9)8-4-2-1-3-7(8)11/h1-6H,11H2. The van der Waals surface area contributed by atoms with Crippen molar-refractivity contribution in [2.24, 2.45) is 0 Å². The van der Waals surface area contributed by atoms with Gasteiger partial charge in [-0.05, 0) is 12.1 Å². The summed E-state index contributed by atoms with van der Waals surface area (Å²) in [6.07, 6.45) is 1.53. The number of hydrogen-bond acceptors (Lipinski definition) is 2. The summed E-state index contributed by atoms with van der Waals surface area (Å²) in [7, 11) is 0. The third kappa shape index (κ3) is 1.38. The summed E-state index contributed by atoms with van der Waals surface area (Å²) < 4.78 is 14.0. The van der Waals surface area contributed by atoms with Crippen LogP contribution in [-0.2, 0) is 0 Å². The first-order valence-electron chi connectivity index (χ1n) is 3.83. The van der Waals surface area contributed by atoms with Crippen LogP contribution in [0, 0.1) is 5.95 Å². The van der Waals surface area contributed by atoms with Crippen molar-refractivity contribution in [2.45, 2.75) is 0 Å². The maximum atomic E-state index is 12.6. The number of nitrogens with zero attached hydrogens (tertiary/aromatic N) is 2. The smallest absolute Gasteiger partial charge is 0.233 e. The van der Waals surface area contributed by atoms with Crippen LogP contribution in [0.5, 0.6) is 0 Å². The number of nitrogen functional groups attached to an aromatic ring is 1. The van der Waals surface area contributed by atoms with Crippen LogP contribution < -0.4 is 5.73 Å². The second-order valence-corrected chi connectivity index (χ2v) is 2.64. The van der Waals surface area contributed by atoms with E-state index in [1.807, 2.05) is 12.1 Å². The number of rotatable bonds is 1. The van der Waals surface area contributed by atoms with E-state index in [1.54, 1.807) is 12.1 Å². The number of aromatic nitrogens is 2. The molecule has 0 saturated heterocycles. The molecule has 0 amide bonds. The van der Waals surface area contributed by atoms with Crippen molar-refractivity contribution >= 4 is 5.69 Å². The number of nitrogens with two attached hydrogens (primary N) is 1. The fraction of sp³-hybridized carbons (Fsp3) is 0. The third-order valence-electron chi connectivity index (χ3n) is 1.74. The van der Waals surface area contributed by atoms with Crippen molar-refractivity contribution in [3.05, 3.63) is 42.5 Å². The Morgan fingerprint density at radius 3 is 2.62 bits per heavy atom. The average Bonchev–Trinajstić information content (AvgIpc) is 2.53. The number of hydrogen-bond donors (Lipinski definition) is 1. The van der Waals surface area contributed by atoms with Crippen molar-refractivity contribution in [3.63, 3.8) is 0 Å². The maximum Gasteiger partial charge on any atom is 0.233 e. The monoisotopic (exact) mass is 177 g/mol. The van der Waals surface area contributed by atoms with E-state index < -0.39 is 5.95 Å². The highest BCUT2D eigenvalue weighted by Crippen LogP contribution is 2.14. The van der Waals surface area contributed by atoms with Gasteiger partial charge in [0.25, 0.3) is 0 Å². The molecule has 2 N–H and O–H groups in total. The molecule has 66 valence electrons. The Bertz CT molecular complexity index is 422. The summed E-state index contributed by atoms with van der Waals surface area (Å²) in [5, 5.41) is 3.61. The minimum absolute atomic E-state index is 0.511. The maximum absolute atomic E-state index is 12.6. The molecule has 1 aromatic carbocycles. The highest BCUT2D eigenvalue weighted by Gasteiger charge is 2.02. The number of anilines is 1. The van der Waals surface area contributed by atoms with Gasteiger partial charge in [0, 0.05) is 12.3 Å². The molecule has 0 saturated carbocycles. The zero-order chi connectivity index (χ0) is 9.26. The third-order valence-corrected chi connectivity index (χ3v) is 1.74. The Morgan fingerprint density at radius 1 is 1.23 bits per heavy atom. The van der Waals surface area contributed by atoms with Gasteiger partial charge in [0.1, 0.15) is 0 Å². The van der Waals surface area contributed by atoms with Crippen molar-refractivity contribution in [1.82, 2.24) is 9.78 Å². The molecule has 0 aliphatic heterocycles. The molecular weight excluding hydrogens is 169 g/mol. The first kappa shape index (κ1) is 7.79. The molecule has 4 heteroatoms. The Balaban J connectivity index is 2.52. The van der Waals surface area contributed by atoms with E-state index in [9.17, 15) is 4.39 Å². The number of benzene rings is 1. The highest BCUT2D eigenvalue weighted by atomic mass is 19.1. The first-order chi connectivity index (χ1) is 6.27. The van der Waals surface area contributed by atoms with Gasteiger partial charge in [0.05, 0.1) is 11.4 Å². The van der Waals surface area contributed by atoms with Crippen LogP contribution in [-0.4, -0.2) is 9.78 Å². The van der Waals surface area contributed by atoms with Crippen LogP contribution in [0.25, 0.3) is 5.69 Å². The zero-order valence-corrected chi connectivity index (χ0v) is 6.81. The molecule has 1 aromatic heterocycles. The van der Waals surface area contributed by atoms with Gasteiger partial charge in [-0.1, -0.05) is 12.1 Å². The van der Waals surface area contributed by atoms with E-state index >= 15 is 0 Å². The van der Waals surface area contributed by atoms with Crippen LogP contribution >= 0.6 is 0 Å². The lowest BCUT2D eigenvalue weighted by Gasteiger charge is -2.03. The zero-order valence-electron chi connectivity index (χ0n) is 6.81. The van der Waals surface area contributed by atoms with Crippen molar-refractivity contribution in [3.8, 4) is 5.69 Å². The predicted octanol–water partition coefficient (Wildman–Crippen LogP) is 1.59. The Labute approximate surface area is 74.6 Å². The molecule has 0 aliphatic rings. The van der Waals surface area contributed by atoms with Crippen LogP contribution in [0.4, 0.5) is 10.1 Å². The molecule has 0 atom stereocenters. The lowest BCUT2D eigenvalue weighted by Crippen LogP contribution is -1.99. The summed E-state index contributed by atoms with van der Waals surface area (Å²) in [5.74, 6) is -0.511. The molecule has 0 fully saturated rings. The Hall–Kier alpha value is -1.84. The molecule has 2 rings (SSSR count). The second-order valence-electron chi connectivity index (χ2n) is 2.64. The fourth-order valence-corrected chi connectivity index (χ4v) is 1.13. The van der Waals surface area contributed by atoms with E-state index in [0.717, 1.165) is 0 Å². The molecule has 13 heavy (non-hydrogen) atoms. The lowest BCUT2D eigenvalue weighted by atomic mass is 10.3. The molecule has 0 unspecified atom stereocenters. The minimum atomic E-state index is -0.511. The minimum Gasteiger partial charge on any atom is -0.397 e. The normalized spacial score (nSPS) is 10.2. The summed E-state index contributed by atoms with van der Waals surface area (Å²) in [6, 6.07) is 8.45. The van der Waals surface area contributed by atoms with Crippen LogP contribution in [0.1, 0.15) is 0 Å². The van der Waals surface area contributed by atoms with E-state index in [2.05, 4.69) is 5.10 Å². The van der Waals surface area contributed by atoms with Crippen molar-refractivity contribution in [1.29, 1.82) is 0 Å². The van der Waals surface area contributed by atoms with Gasteiger partial charge < -0.3 is 5.73 Å². The molecule has 1 heterocycles. The summed E-state index contributed by atoms with van der Waals surface area (Å²) >= 11 is 0. The van der Waals surface area contributed by atoms with E-state index in [-0.39, 0.29) is 0 Å². The van der Waals surface area contributed by atoms with Crippen LogP contribution in [0.2, 0.25) is 0 Å². The quantitative estimate of drug-likeness (QED) is 0.672. The largest absolute Gasteiger partial charge is 0.397 e. The van der Waals surface area contributed by atoms with Gasteiger partial charge in [-0.3, -0.25) is 0 Å². The van der Waals surface area contributed by atoms with E-state index in [0.29, 0.717) is 11.4 Å². The predicted molar refractivity (Wildman–Crippen MR) is 47.9 cm³/mol. The molecule has 0 bridgehead atoms. The number of para-hydroxylation sites is 2. The van der Waals surface area contributed by atoms with Gasteiger partial charge in [0.15, 0.2) is 0 Å². The molecule has 2 aromatic rings. The first-order valence-corrected chi connectivity index (χ1v) is 3.83. The Kier molecular flexibility index (Phi) is 1.73. The molecule has 0 aliphatic carbocycles. The highest BCUT2D eigenvalue weighted by molar-refractivity contribution is 5.56.